The van der Waals surface area contributed by atoms with Crippen molar-refractivity contribution in [3.63, 3.8) is 0 Å². The summed E-state index contributed by atoms with van der Waals surface area (Å²) in [7, 11) is -1.35. The highest BCUT2D eigenvalue weighted by Crippen LogP contribution is 2.26. The molecule has 0 fully saturated rings. The summed E-state index contributed by atoms with van der Waals surface area (Å²) in [6.07, 6.45) is 5.27. The Labute approximate surface area is 368 Å². The first-order valence-electron chi connectivity index (χ1n) is 18.7. The highest BCUT2D eigenvalue weighted by molar-refractivity contribution is 9.10. The van der Waals surface area contributed by atoms with Gasteiger partial charge in [-0.3, -0.25) is 9.59 Å². The Bertz CT molecular complexity index is 2910. The Morgan fingerprint density at radius 2 is 0.850 bits per heavy atom. The Hall–Kier alpha value is -6.36. The lowest BCUT2D eigenvalue weighted by atomic mass is 10.1. The van der Waals surface area contributed by atoms with Gasteiger partial charge in [-0.15, -0.1) is 12.0 Å². The van der Waals surface area contributed by atoms with Crippen LogP contribution in [-0.2, 0) is 9.59 Å². The number of hydrogen-bond donors (Lipinski definition) is 2. The van der Waals surface area contributed by atoms with Crippen LogP contribution in [0.5, 0.6) is 23.0 Å². The second kappa shape index (κ2) is 20.6. The SMILES string of the molecule is C#Cc1ccc2cc(O)ccc2c1.CC(=O)Oc1ccc2cc(Br)ccc2c1.CC(=O)Oc1ccc2cc(C#C[Si](C)(C)C)ccc2c1.Oc1ccc2cc(Br)ccc2c1. The average molecular weight is 939 g/mol. The number of carbonyl (C=O) groups is 2. The number of phenolic OH excluding ortho intramolecular Hbond substituents is 2. The third kappa shape index (κ3) is 13.9. The van der Waals surface area contributed by atoms with Crippen LogP contribution in [0, 0.1) is 23.8 Å². The van der Waals surface area contributed by atoms with Gasteiger partial charge in [-0.25, -0.2) is 0 Å². The molecule has 8 aromatic carbocycles. The van der Waals surface area contributed by atoms with Crippen LogP contribution < -0.4 is 9.47 Å². The number of ether oxygens (including phenoxy) is 2. The van der Waals surface area contributed by atoms with E-state index in [4.69, 9.17) is 15.9 Å². The zero-order chi connectivity index (χ0) is 43.4. The van der Waals surface area contributed by atoms with Crippen LogP contribution in [0.2, 0.25) is 19.6 Å². The third-order valence-corrected chi connectivity index (χ3v) is 10.3. The fourth-order valence-corrected chi connectivity index (χ4v) is 7.02. The molecule has 0 aliphatic heterocycles. The van der Waals surface area contributed by atoms with Gasteiger partial charge in [-0.1, -0.05) is 112 Å². The standard InChI is InChI=1S/C17H18O2Si.C12H9BrO2.C12H8O.C10H7BrO/c1-13(18)19-17-8-7-15-11-14(5-6-16(15)12-17)9-10-20(2,3)4;1-8(14)15-12-5-3-9-6-11(13)4-2-10(9)7-12;1-2-9-3-4-11-8-12(13)6-5-10(11)7-9;11-9-3-1-8-6-10(12)4-2-7(8)5-9/h5-8,11-12H,1-4H3;2-7H,1H3;1,3-8,13H;1-6,12H. The number of phenols is 2. The van der Waals surface area contributed by atoms with Crippen LogP contribution >= 0.6 is 31.9 Å². The first kappa shape index (κ1) is 44.7. The van der Waals surface area contributed by atoms with Gasteiger partial charge in [0.1, 0.15) is 31.1 Å². The van der Waals surface area contributed by atoms with Gasteiger partial charge in [0, 0.05) is 33.9 Å². The predicted octanol–water partition coefficient (Wildman–Crippen LogP) is 13.4. The van der Waals surface area contributed by atoms with Gasteiger partial charge in [0.2, 0.25) is 0 Å². The summed E-state index contributed by atoms with van der Waals surface area (Å²) in [5.74, 6) is 6.96. The Balaban J connectivity index is 0.000000155. The Morgan fingerprint density at radius 3 is 1.28 bits per heavy atom. The molecule has 60 heavy (non-hydrogen) atoms. The van der Waals surface area contributed by atoms with Crippen LogP contribution in [0.3, 0.4) is 0 Å². The van der Waals surface area contributed by atoms with E-state index in [-0.39, 0.29) is 17.7 Å². The molecular formula is C51H42Br2O6Si. The summed E-state index contributed by atoms with van der Waals surface area (Å²) in [6.45, 7) is 9.48. The van der Waals surface area contributed by atoms with Gasteiger partial charge in [-0.05, 0) is 140 Å². The topological polar surface area (TPSA) is 93.1 Å². The minimum Gasteiger partial charge on any atom is -0.508 e. The van der Waals surface area contributed by atoms with Crippen LogP contribution in [0.1, 0.15) is 25.0 Å². The van der Waals surface area contributed by atoms with Crippen LogP contribution in [0.25, 0.3) is 43.1 Å². The lowest BCUT2D eigenvalue weighted by Gasteiger charge is -2.05. The van der Waals surface area contributed by atoms with Gasteiger partial charge < -0.3 is 19.7 Å². The van der Waals surface area contributed by atoms with Crippen molar-refractivity contribution in [2.75, 3.05) is 0 Å². The van der Waals surface area contributed by atoms with Crippen molar-refractivity contribution in [2.24, 2.45) is 0 Å². The maximum atomic E-state index is 10.9. The number of esters is 2. The summed E-state index contributed by atoms with van der Waals surface area (Å²) >= 11 is 6.79. The highest BCUT2D eigenvalue weighted by Gasteiger charge is 2.08. The zero-order valence-corrected chi connectivity index (χ0v) is 37.9. The Morgan fingerprint density at radius 1 is 0.500 bits per heavy atom. The van der Waals surface area contributed by atoms with Crippen LogP contribution in [0.4, 0.5) is 0 Å². The highest BCUT2D eigenvalue weighted by atomic mass is 79.9. The molecule has 0 spiro atoms. The van der Waals surface area contributed by atoms with Gasteiger partial charge in [0.05, 0.1) is 0 Å². The molecule has 300 valence electrons. The van der Waals surface area contributed by atoms with E-state index in [0.29, 0.717) is 17.2 Å². The molecule has 0 aliphatic rings. The number of halogens is 2. The quantitative estimate of drug-likeness (QED) is 0.0776. The first-order valence-corrected chi connectivity index (χ1v) is 23.8. The van der Waals surface area contributed by atoms with Crippen molar-refractivity contribution < 1.29 is 29.3 Å². The molecule has 8 rings (SSSR count). The fourth-order valence-electron chi connectivity index (χ4n) is 5.74. The van der Waals surface area contributed by atoms with Crippen LogP contribution in [-0.4, -0.2) is 30.2 Å². The lowest BCUT2D eigenvalue weighted by Crippen LogP contribution is -2.16. The number of terminal acetylenes is 1. The summed E-state index contributed by atoms with van der Waals surface area (Å²) in [4.78, 5) is 21.7. The first-order chi connectivity index (χ1) is 28.5. The largest absolute Gasteiger partial charge is 0.508 e. The van der Waals surface area contributed by atoms with E-state index in [1.54, 1.807) is 36.4 Å². The normalized spacial score (nSPS) is 10.4. The molecule has 6 nitrogen and oxygen atoms in total. The number of hydrogen-bond acceptors (Lipinski definition) is 6. The van der Waals surface area contributed by atoms with Gasteiger partial charge >= 0.3 is 11.9 Å². The fraction of sp³-hybridized carbons (Fsp3) is 0.0980. The van der Waals surface area contributed by atoms with E-state index in [0.717, 1.165) is 63.2 Å². The van der Waals surface area contributed by atoms with Crippen molar-refractivity contribution in [1.29, 1.82) is 0 Å². The second-order valence-electron chi connectivity index (χ2n) is 14.6. The smallest absolute Gasteiger partial charge is 0.308 e. The van der Waals surface area contributed by atoms with E-state index in [9.17, 15) is 19.8 Å². The van der Waals surface area contributed by atoms with Gasteiger partial charge in [0.15, 0.2) is 0 Å². The van der Waals surface area contributed by atoms with Crippen molar-refractivity contribution in [3.05, 3.63) is 166 Å². The number of fused-ring (bicyclic) bond motifs is 4. The van der Waals surface area contributed by atoms with Gasteiger partial charge in [0.25, 0.3) is 0 Å². The molecule has 0 saturated carbocycles. The second-order valence-corrected chi connectivity index (χ2v) is 21.2. The summed E-state index contributed by atoms with van der Waals surface area (Å²) in [6, 6.07) is 45.5. The molecule has 0 aromatic heterocycles. The van der Waals surface area contributed by atoms with Crippen LogP contribution in [0.15, 0.2) is 155 Å². The number of aromatic hydroxyl groups is 2. The Kier molecular flexibility index (Phi) is 15.3. The third-order valence-electron chi connectivity index (χ3n) is 8.47. The number of benzene rings is 8. The molecule has 0 aliphatic carbocycles. The van der Waals surface area contributed by atoms with Crippen molar-refractivity contribution in [1.82, 2.24) is 0 Å². The molecule has 0 atom stereocenters. The lowest BCUT2D eigenvalue weighted by molar-refractivity contribution is -0.132. The minimum absolute atomic E-state index is 0.279. The molecule has 9 heteroatoms. The summed E-state index contributed by atoms with van der Waals surface area (Å²) in [5.41, 5.74) is 5.25. The maximum absolute atomic E-state index is 10.9. The molecular weight excluding hydrogens is 896 g/mol. The van der Waals surface area contributed by atoms with Crippen molar-refractivity contribution in [3.8, 4) is 46.8 Å². The molecule has 0 unspecified atom stereocenters. The molecule has 0 saturated heterocycles. The number of rotatable bonds is 2. The van der Waals surface area contributed by atoms with Gasteiger partial charge in [-0.2, -0.15) is 0 Å². The zero-order valence-electron chi connectivity index (χ0n) is 33.7. The van der Waals surface area contributed by atoms with E-state index >= 15 is 0 Å². The molecule has 0 radical (unpaired) electrons. The van der Waals surface area contributed by atoms with Crippen molar-refractivity contribution in [2.45, 2.75) is 33.5 Å². The minimum atomic E-state index is -1.35. The molecule has 0 heterocycles. The van der Waals surface area contributed by atoms with Crippen molar-refractivity contribution >= 4 is 95.0 Å². The number of carbonyl (C=O) groups excluding carboxylic acids is 2. The average Bonchev–Trinajstić information content (AvgIpc) is 3.20. The summed E-state index contributed by atoms with van der Waals surface area (Å²) in [5, 5.41) is 26.9. The molecule has 0 amide bonds. The predicted molar refractivity (Wildman–Crippen MR) is 255 cm³/mol. The maximum Gasteiger partial charge on any atom is 0.308 e. The van der Waals surface area contributed by atoms with E-state index in [1.165, 1.54) is 13.8 Å². The van der Waals surface area contributed by atoms with E-state index in [2.05, 4.69) is 75.0 Å². The summed E-state index contributed by atoms with van der Waals surface area (Å²) < 4.78 is 12.2. The van der Waals surface area contributed by atoms with E-state index < -0.39 is 8.07 Å². The monoisotopic (exact) mass is 936 g/mol. The molecule has 8 aromatic rings. The molecule has 0 bridgehead atoms. The van der Waals surface area contributed by atoms with E-state index in [1.807, 2.05) is 103 Å². The molecule has 2 N–H and O–H groups in total.